The van der Waals surface area contributed by atoms with Crippen LogP contribution >= 0.6 is 27.5 Å². The van der Waals surface area contributed by atoms with Gasteiger partial charge in [-0.05, 0) is 35.0 Å². The topological polar surface area (TPSA) is 12.0 Å². The summed E-state index contributed by atoms with van der Waals surface area (Å²) in [5.74, 6) is -0.343. The number of hydrogen-bond donors (Lipinski definition) is 1. The van der Waals surface area contributed by atoms with Crippen molar-refractivity contribution < 1.29 is 4.39 Å². The highest BCUT2D eigenvalue weighted by atomic mass is 79.9. The number of hydrogen-bond acceptors (Lipinski definition) is 1. The Bertz CT molecular complexity index is 317. The van der Waals surface area contributed by atoms with Gasteiger partial charge in [-0.3, -0.25) is 0 Å². The zero-order valence-corrected chi connectivity index (χ0v) is 10.3. The van der Waals surface area contributed by atoms with E-state index in [4.69, 9.17) is 11.6 Å². The van der Waals surface area contributed by atoms with E-state index < -0.39 is 0 Å². The average molecular weight is 281 g/mol. The fourth-order valence-corrected chi connectivity index (χ4v) is 1.59. The van der Waals surface area contributed by atoms with Gasteiger partial charge in [0.25, 0.3) is 0 Å². The minimum atomic E-state index is -0.343. The van der Waals surface area contributed by atoms with E-state index in [9.17, 15) is 4.39 Å². The Morgan fingerprint density at radius 1 is 1.50 bits per heavy atom. The lowest BCUT2D eigenvalue weighted by Gasteiger charge is -2.06. The first-order chi connectivity index (χ1) is 6.66. The van der Waals surface area contributed by atoms with Crippen molar-refractivity contribution in [3.8, 4) is 0 Å². The van der Waals surface area contributed by atoms with Gasteiger partial charge in [0.2, 0.25) is 0 Å². The molecule has 0 spiro atoms. The first kappa shape index (κ1) is 12.0. The highest BCUT2D eigenvalue weighted by molar-refractivity contribution is 9.10. The molecule has 0 fully saturated rings. The standard InChI is InChI=1S/C10H12BrClFN/c1-2-5-14-6-7-3-4-8(11)9(12)10(7)13/h3-4,14H,2,5-6H2,1H3. The van der Waals surface area contributed by atoms with Crippen LogP contribution in [0.2, 0.25) is 5.02 Å². The Labute approximate surface area is 96.8 Å². The number of nitrogens with one attached hydrogen (secondary N) is 1. The van der Waals surface area contributed by atoms with E-state index in [-0.39, 0.29) is 10.8 Å². The Hall–Kier alpha value is -0.120. The second kappa shape index (κ2) is 5.69. The van der Waals surface area contributed by atoms with Crippen molar-refractivity contribution in [1.82, 2.24) is 5.32 Å². The van der Waals surface area contributed by atoms with E-state index in [1.54, 1.807) is 12.1 Å². The summed E-state index contributed by atoms with van der Waals surface area (Å²) in [4.78, 5) is 0. The monoisotopic (exact) mass is 279 g/mol. The van der Waals surface area contributed by atoms with Crippen molar-refractivity contribution >= 4 is 27.5 Å². The second-order valence-corrected chi connectivity index (χ2v) is 4.24. The summed E-state index contributed by atoms with van der Waals surface area (Å²) in [6.07, 6.45) is 1.03. The maximum Gasteiger partial charge on any atom is 0.147 e. The second-order valence-electron chi connectivity index (χ2n) is 3.01. The Morgan fingerprint density at radius 3 is 2.86 bits per heavy atom. The largest absolute Gasteiger partial charge is 0.313 e. The predicted molar refractivity (Wildman–Crippen MR) is 61.1 cm³/mol. The zero-order chi connectivity index (χ0) is 10.6. The van der Waals surface area contributed by atoms with Gasteiger partial charge in [0.15, 0.2) is 0 Å². The van der Waals surface area contributed by atoms with Crippen molar-refractivity contribution in [3.05, 3.63) is 33.0 Å². The van der Waals surface area contributed by atoms with Crippen molar-refractivity contribution in [2.24, 2.45) is 0 Å². The molecule has 0 aliphatic heterocycles. The number of halogens is 3. The lowest BCUT2D eigenvalue weighted by molar-refractivity contribution is 0.586. The maximum absolute atomic E-state index is 13.5. The molecule has 1 N–H and O–H groups in total. The van der Waals surface area contributed by atoms with Crippen molar-refractivity contribution in [2.45, 2.75) is 19.9 Å². The minimum Gasteiger partial charge on any atom is -0.313 e. The van der Waals surface area contributed by atoms with Crippen LogP contribution in [0.3, 0.4) is 0 Å². The molecule has 14 heavy (non-hydrogen) atoms. The Balaban J connectivity index is 2.73. The molecule has 0 atom stereocenters. The van der Waals surface area contributed by atoms with E-state index in [1.165, 1.54) is 0 Å². The van der Waals surface area contributed by atoms with E-state index in [0.717, 1.165) is 13.0 Å². The summed E-state index contributed by atoms with van der Waals surface area (Å²) >= 11 is 8.92. The molecule has 0 radical (unpaired) electrons. The average Bonchev–Trinajstić information content (AvgIpc) is 2.18. The predicted octanol–water partition coefficient (Wildman–Crippen LogP) is 3.74. The van der Waals surface area contributed by atoms with Gasteiger partial charge in [-0.25, -0.2) is 4.39 Å². The fraction of sp³-hybridized carbons (Fsp3) is 0.400. The lowest BCUT2D eigenvalue weighted by Crippen LogP contribution is -2.14. The zero-order valence-electron chi connectivity index (χ0n) is 7.91. The summed E-state index contributed by atoms with van der Waals surface area (Å²) in [5, 5.41) is 3.28. The summed E-state index contributed by atoms with van der Waals surface area (Å²) < 4.78 is 14.1. The smallest absolute Gasteiger partial charge is 0.147 e. The van der Waals surface area contributed by atoms with Gasteiger partial charge in [0.05, 0.1) is 5.02 Å². The van der Waals surface area contributed by atoms with Crippen molar-refractivity contribution in [3.63, 3.8) is 0 Å². The van der Waals surface area contributed by atoms with Gasteiger partial charge < -0.3 is 5.32 Å². The fourth-order valence-electron chi connectivity index (χ4n) is 1.10. The van der Waals surface area contributed by atoms with Crippen LogP contribution in [0.4, 0.5) is 4.39 Å². The molecule has 0 bridgehead atoms. The molecular weight excluding hydrogens is 268 g/mol. The van der Waals surface area contributed by atoms with Gasteiger partial charge in [0, 0.05) is 16.6 Å². The molecular formula is C10H12BrClFN. The van der Waals surface area contributed by atoms with Gasteiger partial charge >= 0.3 is 0 Å². The summed E-state index contributed by atoms with van der Waals surface area (Å²) in [5.41, 5.74) is 0.603. The third kappa shape index (κ3) is 2.94. The number of benzene rings is 1. The Morgan fingerprint density at radius 2 is 2.21 bits per heavy atom. The lowest BCUT2D eigenvalue weighted by atomic mass is 10.2. The SMILES string of the molecule is CCCNCc1ccc(Br)c(Cl)c1F. The quantitative estimate of drug-likeness (QED) is 0.654. The molecule has 0 aliphatic carbocycles. The van der Waals surface area contributed by atoms with Crippen LogP contribution in [-0.2, 0) is 6.54 Å². The van der Waals surface area contributed by atoms with Crippen LogP contribution in [0.15, 0.2) is 16.6 Å². The van der Waals surface area contributed by atoms with Crippen LogP contribution in [0.5, 0.6) is 0 Å². The minimum absolute atomic E-state index is 0.154. The van der Waals surface area contributed by atoms with E-state index in [0.29, 0.717) is 16.6 Å². The third-order valence-electron chi connectivity index (χ3n) is 1.86. The molecule has 0 unspecified atom stereocenters. The highest BCUT2D eigenvalue weighted by Gasteiger charge is 2.09. The summed E-state index contributed by atoms with van der Waals surface area (Å²) in [7, 11) is 0. The van der Waals surface area contributed by atoms with E-state index >= 15 is 0 Å². The van der Waals surface area contributed by atoms with Gasteiger partial charge in [0.1, 0.15) is 5.82 Å². The van der Waals surface area contributed by atoms with Gasteiger partial charge in [-0.1, -0.05) is 24.6 Å². The van der Waals surface area contributed by atoms with E-state index in [2.05, 4.69) is 28.2 Å². The van der Waals surface area contributed by atoms with Gasteiger partial charge in [-0.15, -0.1) is 0 Å². The number of rotatable bonds is 4. The van der Waals surface area contributed by atoms with Crippen LogP contribution in [-0.4, -0.2) is 6.54 Å². The molecule has 4 heteroatoms. The summed E-state index contributed by atoms with van der Waals surface area (Å²) in [6.45, 7) is 3.47. The van der Waals surface area contributed by atoms with Crippen LogP contribution in [0, 0.1) is 5.82 Å². The molecule has 0 saturated heterocycles. The van der Waals surface area contributed by atoms with Crippen molar-refractivity contribution in [1.29, 1.82) is 0 Å². The third-order valence-corrected chi connectivity index (χ3v) is 3.12. The molecule has 1 aromatic carbocycles. The molecule has 0 saturated carbocycles. The maximum atomic E-state index is 13.5. The molecule has 0 amide bonds. The van der Waals surface area contributed by atoms with Crippen LogP contribution in [0.25, 0.3) is 0 Å². The van der Waals surface area contributed by atoms with Crippen molar-refractivity contribution in [2.75, 3.05) is 6.54 Å². The first-order valence-electron chi connectivity index (χ1n) is 4.50. The van der Waals surface area contributed by atoms with E-state index in [1.807, 2.05) is 0 Å². The molecule has 1 rings (SSSR count). The normalized spacial score (nSPS) is 10.6. The van der Waals surface area contributed by atoms with Crippen LogP contribution < -0.4 is 5.32 Å². The molecule has 0 aromatic heterocycles. The molecule has 1 aromatic rings. The molecule has 0 aliphatic rings. The molecule has 78 valence electrons. The molecule has 0 heterocycles. The van der Waals surface area contributed by atoms with Gasteiger partial charge in [-0.2, -0.15) is 0 Å². The van der Waals surface area contributed by atoms with Crippen LogP contribution in [0.1, 0.15) is 18.9 Å². The first-order valence-corrected chi connectivity index (χ1v) is 5.67. The molecule has 1 nitrogen and oxygen atoms in total. The summed E-state index contributed by atoms with van der Waals surface area (Å²) in [6, 6.07) is 3.49. The highest BCUT2D eigenvalue weighted by Crippen LogP contribution is 2.27. The Kier molecular flexibility index (Phi) is 4.85.